The Bertz CT molecular complexity index is 2790. The van der Waals surface area contributed by atoms with Crippen molar-refractivity contribution in [3.05, 3.63) is 23.8 Å². The molecule has 0 aromatic rings. The number of nitrogens with one attached hydrogen (secondary N) is 7. The van der Waals surface area contributed by atoms with Gasteiger partial charge in [-0.3, -0.25) is 40.0 Å². The third-order valence-electron chi connectivity index (χ3n) is 13.0. The molecule has 0 spiro atoms. The molecule has 5 rings (SSSR count). The molecule has 0 aromatic heterocycles. The molecule has 5 fully saturated rings. The molecule has 8 unspecified atom stereocenters. The van der Waals surface area contributed by atoms with Crippen molar-refractivity contribution >= 4 is 85.4 Å². The monoisotopic (exact) mass is 1730 g/mol. The van der Waals surface area contributed by atoms with E-state index in [1.165, 1.54) is 23.9 Å². The van der Waals surface area contributed by atoms with E-state index in [9.17, 15) is 75.5 Å². The van der Waals surface area contributed by atoms with Crippen LogP contribution >= 0.6 is 0 Å². The number of hydrogen-bond acceptors (Lipinski definition) is 23. The van der Waals surface area contributed by atoms with Crippen molar-refractivity contribution in [1.82, 2.24) is 57.6 Å². The number of aldehydes is 1. The third-order valence-corrected chi connectivity index (χ3v) is 13.0. The maximum atomic E-state index is 12.8. The van der Waals surface area contributed by atoms with Gasteiger partial charge in [0.05, 0.1) is 19.7 Å². The van der Waals surface area contributed by atoms with Gasteiger partial charge in [0.15, 0.2) is 5.54 Å². The maximum Gasteiger partial charge on any atom is 0.472 e. The van der Waals surface area contributed by atoms with Crippen molar-refractivity contribution in [3.8, 4) is 0 Å². The van der Waals surface area contributed by atoms with Gasteiger partial charge in [0.2, 0.25) is 0 Å². The molecule has 5 saturated heterocycles. The van der Waals surface area contributed by atoms with Crippen molar-refractivity contribution in [2.24, 2.45) is 11.8 Å². The van der Waals surface area contributed by atoms with E-state index in [2.05, 4.69) is 44.5 Å². The summed E-state index contributed by atoms with van der Waals surface area (Å²) in [6.45, 7) is 44.8. The van der Waals surface area contributed by atoms with E-state index >= 15 is 0 Å². The number of halogens is 3. The SMILES string of the molecule is C/C=C(\C)[C-]=O.C=C(C)[C-]=O.CC(C)(C)OC(=O)NC(C)(CO)C(=O)O.CC(C)(C)OC(=O)NC1(C)CNNC1=O.CC1CC(C)([C-]=O)N2C(=O)C(C)(NC(=O)OC(C)(C)C)CN12.CC1CN2CC(C)(NC(=O)OC(C)(C)C)C(=O)N2C1(C)[C-]=O.CC=O.NNC(=O)C(F)(F)F.[Y].[Y].[Y].[Y]. The first-order chi connectivity index (χ1) is 43.2. The average molecular weight is 1740 g/mol. The molecule has 11 N–H and O–H groups in total. The molecule has 32 nitrogen and oxygen atoms in total. The van der Waals surface area contributed by atoms with Gasteiger partial charge < -0.3 is 74.4 Å². The number of aliphatic hydroxyl groups is 1. The fourth-order valence-corrected chi connectivity index (χ4v) is 8.11. The topological polar surface area (TPSA) is 440 Å². The van der Waals surface area contributed by atoms with E-state index in [0.717, 1.165) is 11.7 Å². The summed E-state index contributed by atoms with van der Waals surface area (Å²) in [6, 6.07) is 0.0256. The Kier molecular flexibility index (Phi) is 50.0. The van der Waals surface area contributed by atoms with Gasteiger partial charge in [-0.15, -0.1) is 6.92 Å². The largest absolute Gasteiger partial charge is 0.540 e. The minimum Gasteiger partial charge on any atom is -0.540 e. The van der Waals surface area contributed by atoms with Crippen LogP contribution in [0.3, 0.4) is 0 Å². The van der Waals surface area contributed by atoms with E-state index in [1.54, 1.807) is 162 Å². The Labute approximate surface area is 685 Å². The molecule has 4 radical (unpaired) electrons. The summed E-state index contributed by atoms with van der Waals surface area (Å²) in [5.41, 5.74) is -2.29. The Morgan fingerprint density at radius 1 is 0.670 bits per heavy atom. The van der Waals surface area contributed by atoms with Crippen molar-refractivity contribution in [1.29, 1.82) is 0 Å². The van der Waals surface area contributed by atoms with Crippen LogP contribution in [0.2, 0.25) is 0 Å². The Balaban J connectivity index is -0.000000209. The van der Waals surface area contributed by atoms with Crippen LogP contribution in [0.5, 0.6) is 0 Å². The van der Waals surface area contributed by atoms with Crippen LogP contribution in [0.4, 0.5) is 32.3 Å². The Morgan fingerprint density at radius 3 is 1.31 bits per heavy atom. The number of amides is 8. The first-order valence-corrected chi connectivity index (χ1v) is 29.6. The smallest absolute Gasteiger partial charge is 0.472 e. The van der Waals surface area contributed by atoms with Crippen molar-refractivity contribution in [2.45, 2.75) is 240 Å². The van der Waals surface area contributed by atoms with Gasteiger partial charge in [-0.1, -0.05) is 34.6 Å². The number of nitrogens with zero attached hydrogens (tertiary/aromatic N) is 4. The summed E-state index contributed by atoms with van der Waals surface area (Å²) in [7, 11) is 0. The number of alkyl carbamates (subject to hydrolysis) is 4. The number of aliphatic carboxylic acids is 1. The number of carboxylic acids is 1. The predicted octanol–water partition coefficient (Wildman–Crippen LogP) is 3.56. The zero-order valence-corrected chi connectivity index (χ0v) is 73.2. The minimum atomic E-state index is -4.87. The molecule has 0 bridgehead atoms. The standard InChI is InChI=1S/2C15H24N3O4.C9H17N3O3.C9H17NO5.C5H7O.C4H5O.C2H3F3N2O.C2H4O.4Y/c1-10-7-17-8-14(5,16-12(21)22-13(2,3)4)11(20)18(17)15(10,6)9-19;1-10-7-14(5,9-19)18-11(20)15(6,8-17(10)18)16-12(21)22-13(2,3)4;1-8(2,3)15-7(14)11-9(4)5-10-12-6(9)13;1-8(2,3)15-7(14)10-9(4,5-11)6(12)13;1-3-5(2)4-6;1-4(2)3-5;3-2(4,5)1(8)7-6;1-2-3;;;;/h2*10H,7-8H2,1-6H3,(H,16,21);10H,5H2,1-4H3,(H,11,14)(H,12,13);11H,5H2,1-4H3,(H,10,14)(H,12,13);3H,1-2H3;1H2,2H3;6H2,(H,7,8);2H,1H3;;;;/q2*-1;;;2*-1;;;;;;/b;;;;5-3+;;;;;;;. The summed E-state index contributed by atoms with van der Waals surface area (Å²) in [4.78, 5) is 154. The van der Waals surface area contributed by atoms with Crippen molar-refractivity contribution in [2.75, 3.05) is 32.8 Å². The number of carbonyl (C=O) groups is 10. The maximum absolute atomic E-state index is 12.8. The fraction of sp³-hybridized carbons (Fsp3) is 0.705. The molecule has 0 aromatic carbocycles. The van der Waals surface area contributed by atoms with Gasteiger partial charge in [0, 0.05) is 150 Å². The van der Waals surface area contributed by atoms with E-state index in [4.69, 9.17) is 34.0 Å². The summed E-state index contributed by atoms with van der Waals surface area (Å²) in [6.07, 6.45) is 2.65. The minimum absolute atomic E-state index is 0. The number of rotatable bonds is 10. The molecule has 0 saturated carbocycles. The molecule has 39 heteroatoms. The number of hydrogen-bond donors (Lipinski definition) is 10. The molecule has 5 aliphatic rings. The number of fused-ring (bicyclic) bond motifs is 2. The van der Waals surface area contributed by atoms with Gasteiger partial charge in [0.1, 0.15) is 45.3 Å². The second-order valence-corrected chi connectivity index (χ2v) is 27.5. The number of nitrogens with two attached hydrogens (primary N) is 1. The number of carboxylic acid groups (broad SMARTS) is 1. The second kappa shape index (κ2) is 45.6. The third kappa shape index (κ3) is 37.8. The predicted molar refractivity (Wildman–Crippen MR) is 341 cm³/mol. The van der Waals surface area contributed by atoms with Crippen LogP contribution in [-0.2, 0) is 198 Å². The Hall–Kier alpha value is -3.73. The molecule has 5 aliphatic heterocycles. The number of alkyl halides is 3. The van der Waals surface area contributed by atoms with Gasteiger partial charge in [-0.05, 0) is 161 Å². The zero-order valence-electron chi connectivity index (χ0n) is 61.8. The average Bonchev–Trinajstić information content (AvgIpc) is 1.58. The molecule has 5 heterocycles. The van der Waals surface area contributed by atoms with Crippen LogP contribution in [0.15, 0.2) is 23.8 Å². The number of ether oxygens (including phenoxy) is 4. The molecule has 562 valence electrons. The summed E-state index contributed by atoms with van der Waals surface area (Å²) < 4.78 is 53.2. The fourth-order valence-electron chi connectivity index (χ4n) is 8.11. The molecular formula is C61H101F3N12O20Y4-4. The van der Waals surface area contributed by atoms with E-state index in [1.807, 2.05) is 31.4 Å². The van der Waals surface area contributed by atoms with E-state index in [-0.39, 0.29) is 161 Å². The molecule has 8 atom stereocenters. The molecule has 8 amide bonds. The van der Waals surface area contributed by atoms with Crippen molar-refractivity contribution in [3.63, 3.8) is 0 Å². The van der Waals surface area contributed by atoms with E-state index < -0.39 is 105 Å². The van der Waals surface area contributed by atoms with Crippen LogP contribution in [0.1, 0.15) is 173 Å². The van der Waals surface area contributed by atoms with Gasteiger partial charge in [-0.25, -0.2) is 70.5 Å². The van der Waals surface area contributed by atoms with Crippen LogP contribution in [0, 0.1) is 5.92 Å². The van der Waals surface area contributed by atoms with Gasteiger partial charge in [0.25, 0.3) is 17.7 Å². The summed E-state index contributed by atoms with van der Waals surface area (Å²) >= 11 is 0. The summed E-state index contributed by atoms with van der Waals surface area (Å²) in [5, 5.41) is 34.0. The molecule has 100 heavy (non-hydrogen) atoms. The first kappa shape index (κ1) is 110. The van der Waals surface area contributed by atoms with Gasteiger partial charge >= 0.3 is 42.4 Å². The van der Waals surface area contributed by atoms with Gasteiger partial charge in [-0.2, -0.15) is 24.3 Å². The van der Waals surface area contributed by atoms with Crippen LogP contribution in [0.25, 0.3) is 0 Å². The number of allylic oxidation sites excluding steroid dienone is 3. The quantitative estimate of drug-likeness (QED) is 0.0284. The van der Waals surface area contributed by atoms with E-state index in [0.29, 0.717) is 43.7 Å². The second-order valence-electron chi connectivity index (χ2n) is 27.5. The number of hydrazine groups is 4. The normalized spacial score (nSPS) is 23.8. The molecular weight excluding hydrogens is 1630 g/mol. The molecule has 0 aliphatic carbocycles. The zero-order chi connectivity index (χ0) is 76.6. The number of carbonyl (C=O) groups excluding carboxylic acids is 13. The van der Waals surface area contributed by atoms with Crippen LogP contribution < -0.4 is 43.4 Å². The first-order valence-electron chi connectivity index (χ1n) is 29.6. The van der Waals surface area contributed by atoms with Crippen molar-refractivity contribution < 1.29 is 240 Å². The Morgan fingerprint density at radius 2 is 1.04 bits per heavy atom. The summed E-state index contributed by atoms with van der Waals surface area (Å²) in [5.74, 6) is -0.233. The van der Waals surface area contributed by atoms with Crippen LogP contribution in [-0.4, -0.2) is 216 Å². The number of aliphatic hydroxyl groups excluding tert-OH is 1.